The Labute approximate surface area is 119 Å². The molecule has 0 aliphatic carbocycles. The standard InChI is InChI=1S/C13H20N2O4S/c1-11-10-18-9-7-15(11)20(16,17)13-4-2-12(3-5-13)19-8-6-14/h2-5,11H,6-10,14H2,1H3. The molecule has 6 nitrogen and oxygen atoms in total. The van der Waals surface area contributed by atoms with Crippen LogP contribution in [0.1, 0.15) is 6.92 Å². The minimum Gasteiger partial charge on any atom is -0.492 e. The van der Waals surface area contributed by atoms with E-state index in [1.807, 2.05) is 6.92 Å². The SMILES string of the molecule is CC1COCCN1S(=O)(=O)c1ccc(OCCN)cc1. The predicted octanol–water partition coefficient (Wildman–Crippen LogP) is 0.434. The largest absolute Gasteiger partial charge is 0.492 e. The van der Waals surface area contributed by atoms with E-state index in [0.717, 1.165) is 0 Å². The van der Waals surface area contributed by atoms with Gasteiger partial charge in [0.15, 0.2) is 0 Å². The number of hydrogen-bond donors (Lipinski definition) is 1. The maximum atomic E-state index is 12.5. The van der Waals surface area contributed by atoms with Crippen molar-refractivity contribution in [2.75, 3.05) is 32.9 Å². The molecule has 0 bridgehead atoms. The Morgan fingerprint density at radius 2 is 2.10 bits per heavy atom. The third-order valence-corrected chi connectivity index (χ3v) is 5.15. The molecule has 0 amide bonds. The first-order valence-electron chi connectivity index (χ1n) is 6.58. The smallest absolute Gasteiger partial charge is 0.243 e. The number of nitrogens with zero attached hydrogens (tertiary/aromatic N) is 1. The number of benzene rings is 1. The van der Waals surface area contributed by atoms with Crippen molar-refractivity contribution in [3.63, 3.8) is 0 Å². The van der Waals surface area contributed by atoms with Crippen molar-refractivity contribution in [3.05, 3.63) is 24.3 Å². The van der Waals surface area contributed by atoms with E-state index in [0.29, 0.717) is 38.7 Å². The number of nitrogens with two attached hydrogens (primary N) is 1. The van der Waals surface area contributed by atoms with Crippen molar-refractivity contribution in [1.82, 2.24) is 4.31 Å². The molecule has 20 heavy (non-hydrogen) atoms. The van der Waals surface area contributed by atoms with Crippen LogP contribution >= 0.6 is 0 Å². The lowest BCUT2D eigenvalue weighted by atomic mass is 10.3. The van der Waals surface area contributed by atoms with Crippen LogP contribution in [-0.4, -0.2) is 51.7 Å². The van der Waals surface area contributed by atoms with Crippen LogP contribution in [0, 0.1) is 0 Å². The normalized spacial score (nSPS) is 20.8. The Morgan fingerprint density at radius 1 is 1.40 bits per heavy atom. The molecule has 2 N–H and O–H groups in total. The Kier molecular flexibility index (Phi) is 4.98. The molecule has 1 aromatic carbocycles. The molecule has 1 atom stereocenters. The van der Waals surface area contributed by atoms with E-state index in [9.17, 15) is 8.42 Å². The van der Waals surface area contributed by atoms with E-state index < -0.39 is 10.0 Å². The molecule has 1 heterocycles. The summed E-state index contributed by atoms with van der Waals surface area (Å²) < 4.78 is 37.1. The second kappa shape index (κ2) is 6.53. The Hall–Kier alpha value is -1.15. The maximum absolute atomic E-state index is 12.5. The first-order valence-corrected chi connectivity index (χ1v) is 8.02. The van der Waals surface area contributed by atoms with E-state index in [2.05, 4.69) is 0 Å². The van der Waals surface area contributed by atoms with Crippen LogP contribution in [0.2, 0.25) is 0 Å². The first-order chi connectivity index (χ1) is 9.55. The monoisotopic (exact) mass is 300 g/mol. The highest BCUT2D eigenvalue weighted by atomic mass is 32.2. The van der Waals surface area contributed by atoms with Gasteiger partial charge in [-0.15, -0.1) is 0 Å². The minimum absolute atomic E-state index is 0.151. The Morgan fingerprint density at radius 3 is 2.70 bits per heavy atom. The summed E-state index contributed by atoms with van der Waals surface area (Å²) in [5, 5.41) is 0. The number of hydrogen-bond acceptors (Lipinski definition) is 5. The van der Waals surface area contributed by atoms with Gasteiger partial charge in [0, 0.05) is 19.1 Å². The summed E-state index contributed by atoms with van der Waals surface area (Å²) >= 11 is 0. The molecule has 1 unspecified atom stereocenters. The lowest BCUT2D eigenvalue weighted by Crippen LogP contribution is -2.46. The number of morpholine rings is 1. The zero-order chi connectivity index (χ0) is 14.6. The van der Waals surface area contributed by atoms with Crippen LogP contribution in [0.3, 0.4) is 0 Å². The summed E-state index contributed by atoms with van der Waals surface area (Å²) in [4.78, 5) is 0.270. The molecule has 0 spiro atoms. The summed E-state index contributed by atoms with van der Waals surface area (Å²) in [6, 6.07) is 6.26. The molecule has 2 rings (SSSR count). The van der Waals surface area contributed by atoms with Crippen molar-refractivity contribution in [2.24, 2.45) is 5.73 Å². The Balaban J connectivity index is 2.16. The van der Waals surface area contributed by atoms with Gasteiger partial charge in [0.25, 0.3) is 0 Å². The van der Waals surface area contributed by atoms with Crippen molar-refractivity contribution in [3.8, 4) is 5.75 Å². The van der Waals surface area contributed by atoms with Crippen LogP contribution < -0.4 is 10.5 Å². The third kappa shape index (κ3) is 3.29. The van der Waals surface area contributed by atoms with E-state index in [1.165, 1.54) is 4.31 Å². The zero-order valence-electron chi connectivity index (χ0n) is 11.5. The molecule has 0 saturated carbocycles. The molecule has 7 heteroatoms. The van der Waals surface area contributed by atoms with E-state index in [-0.39, 0.29) is 10.9 Å². The molecular formula is C13H20N2O4S. The number of rotatable bonds is 5. The fourth-order valence-corrected chi connectivity index (χ4v) is 3.69. The lowest BCUT2D eigenvalue weighted by molar-refractivity contribution is 0.0393. The van der Waals surface area contributed by atoms with Crippen LogP contribution in [0.15, 0.2) is 29.2 Å². The van der Waals surface area contributed by atoms with Crippen LogP contribution in [0.25, 0.3) is 0 Å². The topological polar surface area (TPSA) is 81.9 Å². The van der Waals surface area contributed by atoms with Gasteiger partial charge in [0.2, 0.25) is 10.0 Å². The number of sulfonamides is 1. The van der Waals surface area contributed by atoms with Gasteiger partial charge < -0.3 is 15.2 Å². The van der Waals surface area contributed by atoms with Crippen molar-refractivity contribution >= 4 is 10.0 Å². The summed E-state index contributed by atoms with van der Waals surface area (Å²) in [6.07, 6.45) is 0. The summed E-state index contributed by atoms with van der Waals surface area (Å²) in [5.41, 5.74) is 5.35. The van der Waals surface area contributed by atoms with Crippen molar-refractivity contribution in [2.45, 2.75) is 17.9 Å². The lowest BCUT2D eigenvalue weighted by Gasteiger charge is -2.32. The highest BCUT2D eigenvalue weighted by Crippen LogP contribution is 2.22. The molecule has 0 aromatic heterocycles. The van der Waals surface area contributed by atoms with E-state index in [4.69, 9.17) is 15.2 Å². The quantitative estimate of drug-likeness (QED) is 0.853. The fourth-order valence-electron chi connectivity index (χ4n) is 2.09. The van der Waals surface area contributed by atoms with Crippen molar-refractivity contribution < 1.29 is 17.9 Å². The predicted molar refractivity (Wildman–Crippen MR) is 75.2 cm³/mol. The van der Waals surface area contributed by atoms with Crippen molar-refractivity contribution in [1.29, 1.82) is 0 Å². The van der Waals surface area contributed by atoms with E-state index in [1.54, 1.807) is 24.3 Å². The van der Waals surface area contributed by atoms with Gasteiger partial charge in [0.05, 0.1) is 18.1 Å². The molecule has 1 saturated heterocycles. The minimum atomic E-state index is -3.48. The molecule has 112 valence electrons. The fraction of sp³-hybridized carbons (Fsp3) is 0.538. The summed E-state index contributed by atoms with van der Waals surface area (Å²) in [6.45, 7) is 3.92. The van der Waals surface area contributed by atoms with Gasteiger partial charge in [-0.25, -0.2) is 8.42 Å². The molecular weight excluding hydrogens is 280 g/mol. The van der Waals surface area contributed by atoms with Gasteiger partial charge in [-0.3, -0.25) is 0 Å². The van der Waals surface area contributed by atoms with Gasteiger partial charge in [-0.05, 0) is 31.2 Å². The van der Waals surface area contributed by atoms with Crippen LogP contribution in [-0.2, 0) is 14.8 Å². The molecule has 1 aliphatic rings. The first kappa shape index (κ1) is 15.2. The molecule has 0 radical (unpaired) electrons. The van der Waals surface area contributed by atoms with Gasteiger partial charge in [-0.2, -0.15) is 4.31 Å². The highest BCUT2D eigenvalue weighted by Gasteiger charge is 2.31. The number of ether oxygens (including phenoxy) is 2. The summed E-state index contributed by atoms with van der Waals surface area (Å²) in [7, 11) is -3.48. The highest BCUT2D eigenvalue weighted by molar-refractivity contribution is 7.89. The zero-order valence-corrected chi connectivity index (χ0v) is 12.3. The molecule has 1 fully saturated rings. The van der Waals surface area contributed by atoms with Gasteiger partial charge in [-0.1, -0.05) is 0 Å². The second-order valence-electron chi connectivity index (χ2n) is 4.65. The maximum Gasteiger partial charge on any atom is 0.243 e. The Bertz CT molecular complexity index is 530. The molecule has 1 aromatic rings. The van der Waals surface area contributed by atoms with Gasteiger partial charge >= 0.3 is 0 Å². The van der Waals surface area contributed by atoms with Gasteiger partial charge in [0.1, 0.15) is 12.4 Å². The second-order valence-corrected chi connectivity index (χ2v) is 6.54. The van der Waals surface area contributed by atoms with Crippen LogP contribution in [0.5, 0.6) is 5.75 Å². The third-order valence-electron chi connectivity index (χ3n) is 3.12. The average molecular weight is 300 g/mol. The van der Waals surface area contributed by atoms with Crippen LogP contribution in [0.4, 0.5) is 0 Å². The summed E-state index contributed by atoms with van der Waals surface area (Å²) in [5.74, 6) is 0.615. The molecule has 1 aliphatic heterocycles. The average Bonchev–Trinajstić information content (AvgIpc) is 2.46. The van der Waals surface area contributed by atoms with E-state index >= 15 is 0 Å².